The summed E-state index contributed by atoms with van der Waals surface area (Å²) in [6.07, 6.45) is -5.50. The summed E-state index contributed by atoms with van der Waals surface area (Å²) in [7, 11) is 0. The van der Waals surface area contributed by atoms with Crippen LogP contribution in [0.1, 0.15) is 12.0 Å². The third-order valence-corrected chi connectivity index (χ3v) is 2.58. The quantitative estimate of drug-likeness (QED) is 0.751. The molecule has 0 bridgehead atoms. The zero-order valence-corrected chi connectivity index (χ0v) is 11.0. The van der Waals surface area contributed by atoms with E-state index in [0.717, 1.165) is 0 Å². The number of amides is 2. The van der Waals surface area contributed by atoms with Crippen molar-refractivity contribution in [3.05, 3.63) is 35.9 Å². The van der Waals surface area contributed by atoms with Gasteiger partial charge < -0.3 is 15.7 Å². The number of hydrogen-bond acceptors (Lipinski definition) is 2. The van der Waals surface area contributed by atoms with Crippen LogP contribution in [0.15, 0.2) is 30.3 Å². The van der Waals surface area contributed by atoms with E-state index in [1.54, 1.807) is 30.3 Å². The number of carboxylic acids is 1. The molecule has 1 rings (SSSR count). The van der Waals surface area contributed by atoms with E-state index in [4.69, 9.17) is 5.11 Å². The van der Waals surface area contributed by atoms with Crippen molar-refractivity contribution >= 4 is 12.0 Å². The monoisotopic (exact) mass is 304 g/mol. The second-order valence-corrected chi connectivity index (χ2v) is 4.35. The van der Waals surface area contributed by atoms with Crippen molar-refractivity contribution in [1.82, 2.24) is 10.6 Å². The molecule has 2 amide bonds. The van der Waals surface area contributed by atoms with Crippen LogP contribution < -0.4 is 10.6 Å². The molecular weight excluding hydrogens is 289 g/mol. The number of benzene rings is 1. The number of carbonyl (C=O) groups is 2. The maximum Gasteiger partial charge on any atom is 0.390 e. The first kappa shape index (κ1) is 16.8. The molecule has 0 heterocycles. The number of alkyl halides is 3. The highest BCUT2D eigenvalue weighted by molar-refractivity contribution is 5.82. The maximum absolute atomic E-state index is 11.9. The number of hydrogen-bond donors (Lipinski definition) is 3. The molecule has 0 saturated heterocycles. The molecule has 1 aromatic rings. The number of rotatable bonds is 6. The molecule has 0 aliphatic heterocycles. The van der Waals surface area contributed by atoms with Gasteiger partial charge in [-0.25, -0.2) is 9.59 Å². The highest BCUT2D eigenvalue weighted by atomic mass is 19.4. The zero-order chi connectivity index (χ0) is 15.9. The third-order valence-electron chi connectivity index (χ3n) is 2.58. The van der Waals surface area contributed by atoms with Gasteiger partial charge in [0.15, 0.2) is 0 Å². The fourth-order valence-electron chi connectivity index (χ4n) is 1.58. The average Bonchev–Trinajstić information content (AvgIpc) is 2.37. The van der Waals surface area contributed by atoms with Gasteiger partial charge >= 0.3 is 18.2 Å². The number of aliphatic carboxylic acids is 1. The summed E-state index contributed by atoms with van der Waals surface area (Å²) in [4.78, 5) is 22.4. The molecule has 0 saturated carbocycles. The molecule has 0 aromatic heterocycles. The van der Waals surface area contributed by atoms with Crippen LogP contribution in [-0.4, -0.2) is 35.9 Å². The minimum atomic E-state index is -4.37. The molecule has 5 nitrogen and oxygen atoms in total. The lowest BCUT2D eigenvalue weighted by atomic mass is 10.1. The lowest BCUT2D eigenvalue weighted by Crippen LogP contribution is -2.47. The molecule has 8 heteroatoms. The third kappa shape index (κ3) is 7.19. The Morgan fingerprint density at radius 3 is 2.33 bits per heavy atom. The number of carboxylic acid groups (broad SMARTS) is 1. The first-order valence-electron chi connectivity index (χ1n) is 6.16. The van der Waals surface area contributed by atoms with E-state index < -0.39 is 37.2 Å². The van der Waals surface area contributed by atoms with Crippen LogP contribution in [0.5, 0.6) is 0 Å². The average molecular weight is 304 g/mol. The summed E-state index contributed by atoms with van der Waals surface area (Å²) < 4.78 is 35.8. The Balaban J connectivity index is 2.47. The van der Waals surface area contributed by atoms with E-state index in [-0.39, 0.29) is 6.42 Å². The van der Waals surface area contributed by atoms with Gasteiger partial charge in [-0.05, 0) is 5.56 Å². The van der Waals surface area contributed by atoms with Gasteiger partial charge in [-0.2, -0.15) is 13.2 Å². The number of urea groups is 1. The second-order valence-electron chi connectivity index (χ2n) is 4.35. The van der Waals surface area contributed by atoms with E-state index in [1.807, 2.05) is 5.32 Å². The van der Waals surface area contributed by atoms with E-state index in [9.17, 15) is 22.8 Å². The Bertz CT molecular complexity index is 477. The molecule has 1 atom stereocenters. The fourth-order valence-corrected chi connectivity index (χ4v) is 1.58. The molecule has 3 N–H and O–H groups in total. The van der Waals surface area contributed by atoms with Gasteiger partial charge in [0.05, 0.1) is 6.42 Å². The van der Waals surface area contributed by atoms with Crippen molar-refractivity contribution < 1.29 is 27.9 Å². The molecule has 0 unspecified atom stereocenters. The Kier molecular flexibility index (Phi) is 6.01. The summed E-state index contributed by atoms with van der Waals surface area (Å²) in [5, 5.41) is 13.1. The van der Waals surface area contributed by atoms with Crippen molar-refractivity contribution in [1.29, 1.82) is 0 Å². The van der Waals surface area contributed by atoms with Crippen LogP contribution in [0.3, 0.4) is 0 Å². The summed E-state index contributed by atoms with van der Waals surface area (Å²) >= 11 is 0. The van der Waals surface area contributed by atoms with Gasteiger partial charge in [0, 0.05) is 13.0 Å². The molecule has 21 heavy (non-hydrogen) atoms. The lowest BCUT2D eigenvalue weighted by molar-refractivity contribution is -0.139. The van der Waals surface area contributed by atoms with E-state index in [2.05, 4.69) is 5.32 Å². The van der Waals surface area contributed by atoms with Crippen LogP contribution in [0, 0.1) is 0 Å². The standard InChI is InChI=1S/C13H15F3N2O3/c14-13(15,16)6-7-17-12(21)18-10(11(19)20)8-9-4-2-1-3-5-9/h1-5,10H,6-8H2,(H,19,20)(H2,17,18,21)/t10-/m0/s1. The number of carbonyl (C=O) groups excluding carboxylic acids is 1. The van der Waals surface area contributed by atoms with Crippen molar-refractivity contribution in [2.75, 3.05) is 6.54 Å². The van der Waals surface area contributed by atoms with Gasteiger partial charge in [0.1, 0.15) is 6.04 Å². The van der Waals surface area contributed by atoms with Gasteiger partial charge in [-0.15, -0.1) is 0 Å². The SMILES string of the molecule is O=C(NCCC(F)(F)F)N[C@@H](Cc1ccccc1)C(=O)O. The maximum atomic E-state index is 11.9. The normalized spacial score (nSPS) is 12.5. The molecule has 0 aliphatic rings. The van der Waals surface area contributed by atoms with E-state index in [0.29, 0.717) is 5.56 Å². The number of nitrogens with one attached hydrogen (secondary N) is 2. The minimum absolute atomic E-state index is 0.0445. The molecule has 0 radical (unpaired) electrons. The Morgan fingerprint density at radius 2 is 1.81 bits per heavy atom. The van der Waals surface area contributed by atoms with Crippen LogP contribution >= 0.6 is 0 Å². The highest BCUT2D eigenvalue weighted by Gasteiger charge is 2.27. The van der Waals surface area contributed by atoms with Crippen molar-refractivity contribution in [2.24, 2.45) is 0 Å². The molecule has 0 spiro atoms. The first-order chi connectivity index (χ1) is 9.78. The van der Waals surface area contributed by atoms with Crippen molar-refractivity contribution in [2.45, 2.75) is 25.1 Å². The van der Waals surface area contributed by atoms with Gasteiger partial charge in [0.25, 0.3) is 0 Å². The number of halogens is 3. The summed E-state index contributed by atoms with van der Waals surface area (Å²) in [5.41, 5.74) is 0.695. The van der Waals surface area contributed by atoms with E-state index >= 15 is 0 Å². The summed E-state index contributed by atoms with van der Waals surface area (Å²) in [6, 6.07) is 6.44. The predicted octanol–water partition coefficient (Wildman–Crippen LogP) is 1.93. The zero-order valence-electron chi connectivity index (χ0n) is 11.0. The van der Waals surface area contributed by atoms with Gasteiger partial charge in [-0.1, -0.05) is 30.3 Å². The van der Waals surface area contributed by atoms with E-state index in [1.165, 1.54) is 0 Å². The molecule has 1 aromatic carbocycles. The molecule has 0 aliphatic carbocycles. The largest absolute Gasteiger partial charge is 0.480 e. The Labute approximate surface area is 119 Å². The lowest BCUT2D eigenvalue weighted by Gasteiger charge is -2.15. The predicted molar refractivity (Wildman–Crippen MR) is 68.8 cm³/mol. The van der Waals surface area contributed by atoms with Gasteiger partial charge in [0.2, 0.25) is 0 Å². The molecular formula is C13H15F3N2O3. The van der Waals surface area contributed by atoms with Crippen molar-refractivity contribution in [3.63, 3.8) is 0 Å². The Morgan fingerprint density at radius 1 is 1.19 bits per heavy atom. The molecule has 0 fully saturated rings. The second kappa shape index (κ2) is 7.51. The van der Waals surface area contributed by atoms with Crippen LogP contribution in [-0.2, 0) is 11.2 Å². The van der Waals surface area contributed by atoms with Crippen LogP contribution in [0.25, 0.3) is 0 Å². The highest BCUT2D eigenvalue weighted by Crippen LogP contribution is 2.18. The molecule has 116 valence electrons. The minimum Gasteiger partial charge on any atom is -0.480 e. The smallest absolute Gasteiger partial charge is 0.390 e. The summed E-state index contributed by atoms with van der Waals surface area (Å²) in [6.45, 7) is -0.604. The first-order valence-corrected chi connectivity index (χ1v) is 6.16. The Hall–Kier alpha value is -2.25. The van der Waals surface area contributed by atoms with Crippen molar-refractivity contribution in [3.8, 4) is 0 Å². The van der Waals surface area contributed by atoms with Crippen LogP contribution in [0.2, 0.25) is 0 Å². The van der Waals surface area contributed by atoms with Crippen LogP contribution in [0.4, 0.5) is 18.0 Å². The topological polar surface area (TPSA) is 78.4 Å². The summed E-state index contributed by atoms with van der Waals surface area (Å²) in [5.74, 6) is -1.26. The van der Waals surface area contributed by atoms with Gasteiger partial charge in [-0.3, -0.25) is 0 Å². The fraction of sp³-hybridized carbons (Fsp3) is 0.385.